The quantitative estimate of drug-likeness (QED) is 0.632. The third-order valence-corrected chi connectivity index (χ3v) is 7.18. The standard InChI is InChI=1S/C25H27N3O3/c1-17-26-22-8-3-2-7-21(22)24(29)28(17)20-9-10-23-18(15-20)16-30-25(31-23)11-13-27(14-12-25)19-5-4-6-19/h2-3,7-10,15,19H,4-6,11-14,16H2,1H3. The highest BCUT2D eigenvalue weighted by Gasteiger charge is 2.42. The van der Waals surface area contributed by atoms with Gasteiger partial charge in [-0.2, -0.15) is 0 Å². The molecule has 6 heteroatoms. The Labute approximate surface area is 181 Å². The molecule has 2 aromatic carbocycles. The number of benzene rings is 2. The summed E-state index contributed by atoms with van der Waals surface area (Å²) in [5.74, 6) is 1.03. The molecule has 1 saturated heterocycles. The molecule has 3 aliphatic rings. The number of likely N-dealkylation sites (tertiary alicyclic amines) is 1. The van der Waals surface area contributed by atoms with Crippen LogP contribution in [0.15, 0.2) is 47.3 Å². The van der Waals surface area contributed by atoms with Crippen LogP contribution in [0.25, 0.3) is 16.6 Å². The molecular weight excluding hydrogens is 390 g/mol. The number of hydrogen-bond donors (Lipinski definition) is 0. The molecule has 0 N–H and O–H groups in total. The largest absolute Gasteiger partial charge is 0.462 e. The number of para-hydroxylation sites is 1. The van der Waals surface area contributed by atoms with Gasteiger partial charge in [0.1, 0.15) is 11.6 Å². The molecule has 0 atom stereocenters. The average molecular weight is 418 g/mol. The number of hydrogen-bond acceptors (Lipinski definition) is 5. The summed E-state index contributed by atoms with van der Waals surface area (Å²) < 4.78 is 14.4. The predicted molar refractivity (Wildman–Crippen MR) is 119 cm³/mol. The highest BCUT2D eigenvalue weighted by Crippen LogP contribution is 2.39. The molecule has 2 fully saturated rings. The van der Waals surface area contributed by atoms with Crippen molar-refractivity contribution >= 4 is 10.9 Å². The van der Waals surface area contributed by atoms with Crippen LogP contribution in [0.2, 0.25) is 0 Å². The second kappa shape index (κ2) is 7.18. The number of aromatic nitrogens is 2. The molecule has 1 aliphatic carbocycles. The Morgan fingerprint density at radius 1 is 1.10 bits per heavy atom. The maximum absolute atomic E-state index is 13.1. The smallest absolute Gasteiger partial charge is 0.265 e. The summed E-state index contributed by atoms with van der Waals surface area (Å²) in [6, 6.07) is 14.2. The van der Waals surface area contributed by atoms with E-state index in [4.69, 9.17) is 9.47 Å². The van der Waals surface area contributed by atoms with Gasteiger partial charge in [0.05, 0.1) is 23.2 Å². The molecule has 0 bridgehead atoms. The Balaban J connectivity index is 1.28. The van der Waals surface area contributed by atoms with Crippen LogP contribution >= 0.6 is 0 Å². The van der Waals surface area contributed by atoms with E-state index in [1.54, 1.807) is 4.57 Å². The summed E-state index contributed by atoms with van der Waals surface area (Å²) in [6.07, 6.45) is 5.84. The second-order valence-corrected chi connectivity index (χ2v) is 9.03. The van der Waals surface area contributed by atoms with E-state index in [0.717, 1.165) is 54.5 Å². The van der Waals surface area contributed by atoms with Gasteiger partial charge in [0.2, 0.25) is 5.79 Å². The van der Waals surface area contributed by atoms with E-state index in [1.807, 2.05) is 49.4 Å². The van der Waals surface area contributed by atoms with Crippen molar-refractivity contribution in [2.75, 3.05) is 13.1 Å². The number of ether oxygens (including phenoxy) is 2. The Kier molecular flexibility index (Phi) is 4.40. The molecule has 6 nitrogen and oxygen atoms in total. The summed E-state index contributed by atoms with van der Waals surface area (Å²) in [7, 11) is 0. The number of rotatable bonds is 2. The molecule has 1 saturated carbocycles. The Bertz CT molecular complexity index is 1210. The molecule has 1 spiro atoms. The van der Waals surface area contributed by atoms with Crippen molar-refractivity contribution in [2.24, 2.45) is 0 Å². The highest BCUT2D eigenvalue weighted by molar-refractivity contribution is 5.77. The van der Waals surface area contributed by atoms with Gasteiger partial charge in [-0.25, -0.2) is 4.98 Å². The number of fused-ring (bicyclic) bond motifs is 2. The maximum atomic E-state index is 13.1. The molecule has 2 aliphatic heterocycles. The van der Waals surface area contributed by atoms with Gasteiger partial charge in [-0.15, -0.1) is 0 Å². The molecule has 0 radical (unpaired) electrons. The first-order chi connectivity index (χ1) is 15.1. The van der Waals surface area contributed by atoms with Crippen molar-refractivity contribution in [1.82, 2.24) is 14.5 Å². The van der Waals surface area contributed by atoms with E-state index in [1.165, 1.54) is 19.3 Å². The molecule has 0 amide bonds. The summed E-state index contributed by atoms with van der Waals surface area (Å²) in [5.41, 5.74) is 2.44. The van der Waals surface area contributed by atoms with E-state index in [0.29, 0.717) is 17.8 Å². The third kappa shape index (κ3) is 3.17. The van der Waals surface area contributed by atoms with Gasteiger partial charge in [0, 0.05) is 37.5 Å². The van der Waals surface area contributed by atoms with Gasteiger partial charge in [-0.1, -0.05) is 18.6 Å². The minimum Gasteiger partial charge on any atom is -0.462 e. The van der Waals surface area contributed by atoms with Crippen LogP contribution in [-0.2, 0) is 11.3 Å². The molecule has 1 aromatic heterocycles. The first-order valence-corrected chi connectivity index (χ1v) is 11.3. The second-order valence-electron chi connectivity index (χ2n) is 9.03. The van der Waals surface area contributed by atoms with Crippen LogP contribution in [0, 0.1) is 6.92 Å². The minimum atomic E-state index is -0.508. The van der Waals surface area contributed by atoms with Crippen LogP contribution in [0.1, 0.15) is 43.5 Å². The summed E-state index contributed by atoms with van der Waals surface area (Å²) in [5, 5.41) is 0.621. The van der Waals surface area contributed by atoms with Crippen molar-refractivity contribution < 1.29 is 9.47 Å². The monoisotopic (exact) mass is 417 g/mol. The normalized spacial score (nSPS) is 20.9. The van der Waals surface area contributed by atoms with E-state index < -0.39 is 5.79 Å². The molecule has 6 rings (SSSR count). The summed E-state index contributed by atoms with van der Waals surface area (Å²) in [4.78, 5) is 20.4. The first-order valence-electron chi connectivity index (χ1n) is 11.3. The van der Waals surface area contributed by atoms with Crippen molar-refractivity contribution in [3.8, 4) is 11.4 Å². The maximum Gasteiger partial charge on any atom is 0.265 e. The zero-order valence-electron chi connectivity index (χ0n) is 17.8. The van der Waals surface area contributed by atoms with Crippen LogP contribution < -0.4 is 10.3 Å². The van der Waals surface area contributed by atoms with Crippen molar-refractivity contribution in [2.45, 2.75) is 57.5 Å². The Morgan fingerprint density at radius 2 is 1.90 bits per heavy atom. The lowest BCUT2D eigenvalue weighted by Crippen LogP contribution is -2.54. The molecule has 160 valence electrons. The highest BCUT2D eigenvalue weighted by atomic mass is 16.7. The predicted octanol–water partition coefficient (Wildman–Crippen LogP) is 3.95. The zero-order valence-corrected chi connectivity index (χ0v) is 17.8. The minimum absolute atomic E-state index is 0.0551. The van der Waals surface area contributed by atoms with Crippen LogP contribution in [0.3, 0.4) is 0 Å². The number of aryl methyl sites for hydroxylation is 1. The van der Waals surface area contributed by atoms with E-state index in [9.17, 15) is 4.79 Å². The first kappa shape index (κ1) is 19.0. The fourth-order valence-corrected chi connectivity index (χ4v) is 5.13. The molecule has 3 aromatic rings. The summed E-state index contributed by atoms with van der Waals surface area (Å²) in [6.45, 7) is 4.44. The van der Waals surface area contributed by atoms with Gasteiger partial charge in [0.15, 0.2) is 0 Å². The number of piperidine rings is 1. The lowest BCUT2D eigenvalue weighted by Gasteiger charge is -2.47. The van der Waals surface area contributed by atoms with Crippen LogP contribution in [-0.4, -0.2) is 39.4 Å². The lowest BCUT2D eigenvalue weighted by atomic mass is 9.89. The van der Waals surface area contributed by atoms with Crippen molar-refractivity contribution in [1.29, 1.82) is 0 Å². The Hall–Kier alpha value is -2.70. The van der Waals surface area contributed by atoms with Gasteiger partial charge >= 0.3 is 0 Å². The molecule has 3 heterocycles. The lowest BCUT2D eigenvalue weighted by molar-refractivity contribution is -0.231. The molecule has 0 unspecified atom stereocenters. The van der Waals surface area contributed by atoms with Gasteiger partial charge in [0.25, 0.3) is 5.56 Å². The van der Waals surface area contributed by atoms with Crippen molar-refractivity contribution in [3.05, 3.63) is 64.2 Å². The fourth-order valence-electron chi connectivity index (χ4n) is 5.13. The Morgan fingerprint density at radius 3 is 2.68 bits per heavy atom. The van der Waals surface area contributed by atoms with Gasteiger partial charge in [-0.3, -0.25) is 14.3 Å². The van der Waals surface area contributed by atoms with E-state index in [2.05, 4.69) is 9.88 Å². The number of nitrogens with zero attached hydrogens (tertiary/aromatic N) is 3. The topological polar surface area (TPSA) is 56.6 Å². The summed E-state index contributed by atoms with van der Waals surface area (Å²) >= 11 is 0. The molecular formula is C25H27N3O3. The average Bonchev–Trinajstić information content (AvgIpc) is 2.74. The SMILES string of the molecule is Cc1nc2ccccc2c(=O)n1-c1ccc2c(c1)COC1(CCN(C3CCC3)CC1)O2. The van der Waals surface area contributed by atoms with Gasteiger partial charge in [-0.05, 0) is 50.1 Å². The van der Waals surface area contributed by atoms with Crippen molar-refractivity contribution in [3.63, 3.8) is 0 Å². The van der Waals surface area contributed by atoms with E-state index >= 15 is 0 Å². The zero-order chi connectivity index (χ0) is 21.0. The molecule has 31 heavy (non-hydrogen) atoms. The van der Waals surface area contributed by atoms with Crippen LogP contribution in [0.4, 0.5) is 0 Å². The van der Waals surface area contributed by atoms with Gasteiger partial charge < -0.3 is 9.47 Å². The fraction of sp³-hybridized carbons (Fsp3) is 0.440. The third-order valence-electron chi connectivity index (χ3n) is 7.18. The van der Waals surface area contributed by atoms with Crippen LogP contribution in [0.5, 0.6) is 5.75 Å². The van der Waals surface area contributed by atoms with E-state index in [-0.39, 0.29) is 5.56 Å².